The van der Waals surface area contributed by atoms with E-state index in [9.17, 15) is 14.4 Å². The summed E-state index contributed by atoms with van der Waals surface area (Å²) in [6.45, 7) is 2.20. The minimum absolute atomic E-state index is 0.0380. The van der Waals surface area contributed by atoms with Crippen molar-refractivity contribution in [1.29, 1.82) is 0 Å². The third-order valence-corrected chi connectivity index (χ3v) is 7.78. The second kappa shape index (κ2) is 11.5. The Bertz CT molecular complexity index is 1280. The van der Waals surface area contributed by atoms with Crippen LogP contribution in [0.2, 0.25) is 0 Å². The average molecular weight is 530 g/mol. The van der Waals surface area contributed by atoms with Gasteiger partial charge < -0.3 is 20.1 Å². The van der Waals surface area contributed by atoms with Crippen LogP contribution < -0.4 is 16.2 Å². The number of anilines is 1. The van der Waals surface area contributed by atoms with Crippen molar-refractivity contribution in [2.24, 2.45) is 0 Å². The van der Waals surface area contributed by atoms with Gasteiger partial charge in [0.15, 0.2) is 10.3 Å². The lowest BCUT2D eigenvalue weighted by atomic mass is 10.1. The molecule has 190 valence electrons. The molecule has 36 heavy (non-hydrogen) atoms. The molecule has 2 aliphatic rings. The maximum absolute atomic E-state index is 13.4. The predicted molar refractivity (Wildman–Crippen MR) is 138 cm³/mol. The first-order chi connectivity index (χ1) is 17.6. The third kappa shape index (κ3) is 5.94. The number of nitrogens with zero attached hydrogens (tertiary/aromatic N) is 3. The first kappa shape index (κ1) is 24.9. The number of hydrogen-bond donors (Lipinski definition) is 2. The number of fused-ring (bicyclic) bond motifs is 1. The maximum Gasteiger partial charge on any atom is 0.262 e. The van der Waals surface area contributed by atoms with Gasteiger partial charge in [-0.1, -0.05) is 11.8 Å². The van der Waals surface area contributed by atoms with Crippen LogP contribution in [-0.2, 0) is 20.8 Å². The standard InChI is InChI=1S/C24H27N5O5S2/c30-20(28-23-25-7-10-35-23)14-36-24-27-19-11-15(21(31)26-12-16-3-1-8-33-16)5-6-18(19)22(32)29(24)13-17-4-2-9-34-17/h5-7,10-11,16-17H,1-4,8-9,12-14H2,(H,26,31)(H,25,28,30)/t16-,17+/m1/s1. The summed E-state index contributed by atoms with van der Waals surface area (Å²) in [6.07, 6.45) is 5.32. The van der Waals surface area contributed by atoms with Crippen molar-refractivity contribution >= 4 is 50.9 Å². The van der Waals surface area contributed by atoms with Gasteiger partial charge in [0.05, 0.1) is 35.4 Å². The lowest BCUT2D eigenvalue weighted by molar-refractivity contribution is -0.113. The Morgan fingerprint density at radius 3 is 2.69 bits per heavy atom. The van der Waals surface area contributed by atoms with Crippen molar-refractivity contribution in [3.63, 3.8) is 0 Å². The summed E-state index contributed by atoms with van der Waals surface area (Å²) in [4.78, 5) is 47.4. The summed E-state index contributed by atoms with van der Waals surface area (Å²) in [5.41, 5.74) is 0.613. The second-order valence-corrected chi connectivity index (χ2v) is 10.5. The second-order valence-electron chi connectivity index (χ2n) is 8.70. The van der Waals surface area contributed by atoms with E-state index in [1.54, 1.807) is 34.3 Å². The smallest absolute Gasteiger partial charge is 0.262 e. The van der Waals surface area contributed by atoms with E-state index in [0.29, 0.717) is 46.5 Å². The molecule has 5 rings (SSSR count). The summed E-state index contributed by atoms with van der Waals surface area (Å²) in [7, 11) is 0. The number of aromatic nitrogens is 3. The normalized spacial score (nSPS) is 19.6. The van der Waals surface area contributed by atoms with Crippen LogP contribution in [0.1, 0.15) is 36.0 Å². The highest BCUT2D eigenvalue weighted by molar-refractivity contribution is 7.99. The molecular weight excluding hydrogens is 502 g/mol. The zero-order valence-electron chi connectivity index (χ0n) is 19.6. The Morgan fingerprint density at radius 1 is 1.17 bits per heavy atom. The SMILES string of the molecule is O=C(CSc1nc2cc(C(=O)NC[C@H]3CCCO3)ccc2c(=O)n1C[C@@H]1CCCO1)Nc1nccs1. The van der Waals surface area contributed by atoms with Crippen molar-refractivity contribution in [1.82, 2.24) is 19.9 Å². The van der Waals surface area contributed by atoms with Crippen molar-refractivity contribution < 1.29 is 19.1 Å². The highest BCUT2D eigenvalue weighted by atomic mass is 32.2. The Morgan fingerprint density at radius 2 is 1.97 bits per heavy atom. The molecule has 4 heterocycles. The van der Waals surface area contributed by atoms with Gasteiger partial charge in [0, 0.05) is 36.9 Å². The quantitative estimate of drug-likeness (QED) is 0.320. The Kier molecular flexibility index (Phi) is 7.95. The van der Waals surface area contributed by atoms with Gasteiger partial charge in [-0.25, -0.2) is 9.97 Å². The maximum atomic E-state index is 13.4. The fourth-order valence-electron chi connectivity index (χ4n) is 4.29. The molecule has 0 spiro atoms. The first-order valence-corrected chi connectivity index (χ1v) is 13.8. The molecule has 2 atom stereocenters. The van der Waals surface area contributed by atoms with Crippen LogP contribution >= 0.6 is 23.1 Å². The monoisotopic (exact) mass is 529 g/mol. The summed E-state index contributed by atoms with van der Waals surface area (Å²) in [5.74, 6) is -0.421. The summed E-state index contributed by atoms with van der Waals surface area (Å²) < 4.78 is 12.9. The van der Waals surface area contributed by atoms with E-state index < -0.39 is 0 Å². The number of thioether (sulfide) groups is 1. The zero-order valence-corrected chi connectivity index (χ0v) is 21.2. The summed E-state index contributed by atoms with van der Waals surface area (Å²) in [6, 6.07) is 4.90. The van der Waals surface area contributed by atoms with Gasteiger partial charge in [-0.05, 0) is 43.9 Å². The van der Waals surface area contributed by atoms with E-state index in [-0.39, 0.29) is 35.3 Å². The van der Waals surface area contributed by atoms with Gasteiger partial charge >= 0.3 is 0 Å². The van der Waals surface area contributed by atoms with Crippen molar-refractivity contribution in [3.8, 4) is 0 Å². The topological polar surface area (TPSA) is 124 Å². The molecule has 2 N–H and O–H groups in total. The molecule has 0 unspecified atom stereocenters. The minimum Gasteiger partial charge on any atom is -0.376 e. The van der Waals surface area contributed by atoms with E-state index in [4.69, 9.17) is 14.5 Å². The molecular formula is C24H27N5O5S2. The zero-order chi connectivity index (χ0) is 24.9. The van der Waals surface area contributed by atoms with Gasteiger partial charge in [0.1, 0.15) is 0 Å². The lowest BCUT2D eigenvalue weighted by Crippen LogP contribution is -2.32. The molecule has 2 fully saturated rings. The van der Waals surface area contributed by atoms with Gasteiger partial charge in [-0.3, -0.25) is 19.0 Å². The first-order valence-electron chi connectivity index (χ1n) is 11.9. The molecule has 0 saturated carbocycles. The minimum atomic E-state index is -0.241. The molecule has 2 aromatic heterocycles. The van der Waals surface area contributed by atoms with E-state index in [0.717, 1.165) is 32.3 Å². The number of thiazole rings is 1. The highest BCUT2D eigenvalue weighted by Crippen LogP contribution is 2.22. The largest absolute Gasteiger partial charge is 0.376 e. The molecule has 0 bridgehead atoms. The van der Waals surface area contributed by atoms with Crippen molar-refractivity contribution in [3.05, 3.63) is 45.7 Å². The van der Waals surface area contributed by atoms with Crippen LogP contribution in [0.15, 0.2) is 39.7 Å². The van der Waals surface area contributed by atoms with E-state index >= 15 is 0 Å². The van der Waals surface area contributed by atoms with Crippen molar-refractivity contribution in [2.45, 2.75) is 49.6 Å². The molecule has 10 nitrogen and oxygen atoms in total. The van der Waals surface area contributed by atoms with Crippen LogP contribution in [0.25, 0.3) is 10.9 Å². The van der Waals surface area contributed by atoms with Crippen LogP contribution in [0.3, 0.4) is 0 Å². The fraction of sp³-hybridized carbons (Fsp3) is 0.458. The Labute approximate surface area is 215 Å². The van der Waals surface area contributed by atoms with Gasteiger partial charge in [-0.2, -0.15) is 0 Å². The van der Waals surface area contributed by atoms with E-state index in [1.807, 2.05) is 0 Å². The molecule has 12 heteroatoms. The van der Waals surface area contributed by atoms with Gasteiger partial charge in [0.25, 0.3) is 11.5 Å². The predicted octanol–water partition coefficient (Wildman–Crippen LogP) is 2.67. The third-order valence-electron chi connectivity index (χ3n) is 6.12. The van der Waals surface area contributed by atoms with E-state index in [1.165, 1.54) is 23.1 Å². The van der Waals surface area contributed by atoms with Crippen molar-refractivity contribution in [2.75, 3.05) is 30.8 Å². The summed E-state index contributed by atoms with van der Waals surface area (Å²) >= 11 is 2.51. The van der Waals surface area contributed by atoms with Gasteiger partial charge in [0.2, 0.25) is 5.91 Å². The molecule has 2 saturated heterocycles. The number of hydrogen-bond acceptors (Lipinski definition) is 9. The number of rotatable bonds is 9. The van der Waals surface area contributed by atoms with Gasteiger partial charge in [-0.15, -0.1) is 11.3 Å². The number of amides is 2. The number of nitrogens with one attached hydrogen (secondary N) is 2. The molecule has 0 aliphatic carbocycles. The highest BCUT2D eigenvalue weighted by Gasteiger charge is 2.22. The van der Waals surface area contributed by atoms with Crippen LogP contribution in [-0.4, -0.2) is 64.1 Å². The van der Waals surface area contributed by atoms with Crippen LogP contribution in [0, 0.1) is 0 Å². The number of carbonyl (C=O) groups is 2. The fourth-order valence-corrected chi connectivity index (χ4v) is 5.64. The molecule has 3 aromatic rings. The Hall–Kier alpha value is -2.80. The molecule has 1 aromatic carbocycles. The van der Waals surface area contributed by atoms with E-state index in [2.05, 4.69) is 15.6 Å². The molecule has 2 aliphatic heterocycles. The Balaban J connectivity index is 1.38. The number of carbonyl (C=O) groups excluding carboxylic acids is 2. The molecule has 2 amide bonds. The number of ether oxygens (including phenoxy) is 2. The number of benzene rings is 1. The van der Waals surface area contributed by atoms with Crippen LogP contribution in [0.4, 0.5) is 5.13 Å². The summed E-state index contributed by atoms with van der Waals surface area (Å²) in [5, 5.41) is 8.77. The lowest BCUT2D eigenvalue weighted by Gasteiger charge is -2.17. The average Bonchev–Trinajstić information content (AvgIpc) is 3.67. The van der Waals surface area contributed by atoms with Crippen LogP contribution in [0.5, 0.6) is 0 Å². The molecule has 0 radical (unpaired) electrons.